The number of aryl methyl sites for hydroxylation is 3. The Hall–Kier alpha value is -2.95. The largest absolute Gasteiger partial charge is 0.339 e. The number of hydrogen-bond acceptors (Lipinski definition) is 4. The molecule has 1 aliphatic rings. The first-order chi connectivity index (χ1) is 13.5. The van der Waals surface area contributed by atoms with E-state index in [-0.39, 0.29) is 11.8 Å². The second kappa shape index (κ2) is 7.58. The van der Waals surface area contributed by atoms with Crippen LogP contribution in [-0.4, -0.2) is 34.0 Å². The van der Waals surface area contributed by atoms with Gasteiger partial charge in [-0.05, 0) is 68.5 Å². The van der Waals surface area contributed by atoms with E-state index in [2.05, 4.69) is 17.1 Å². The van der Waals surface area contributed by atoms with Crippen molar-refractivity contribution < 1.29 is 9.32 Å². The highest BCUT2D eigenvalue weighted by Gasteiger charge is 2.28. The molecule has 0 atom stereocenters. The molecule has 2 aromatic carbocycles. The van der Waals surface area contributed by atoms with E-state index in [1.165, 1.54) is 5.56 Å². The molecule has 1 fully saturated rings. The van der Waals surface area contributed by atoms with E-state index in [1.54, 1.807) is 0 Å². The van der Waals surface area contributed by atoms with Crippen molar-refractivity contribution in [3.8, 4) is 11.5 Å². The SMILES string of the molecule is Cc1ccc(C(=O)N2CCC(c3noc(-c4ccccc4C)n3)CC2)cc1C. The zero-order valence-electron chi connectivity index (χ0n) is 16.6. The first-order valence-corrected chi connectivity index (χ1v) is 9.79. The van der Waals surface area contributed by atoms with Crippen LogP contribution in [0.3, 0.4) is 0 Å². The average molecular weight is 375 g/mol. The smallest absolute Gasteiger partial charge is 0.258 e. The molecule has 1 aromatic heterocycles. The Kier molecular flexibility index (Phi) is 4.99. The van der Waals surface area contributed by atoms with Crippen LogP contribution in [0, 0.1) is 20.8 Å². The van der Waals surface area contributed by atoms with Gasteiger partial charge in [-0.25, -0.2) is 0 Å². The average Bonchev–Trinajstić information content (AvgIpc) is 3.20. The number of piperidine rings is 1. The van der Waals surface area contributed by atoms with Gasteiger partial charge in [0.2, 0.25) is 0 Å². The molecule has 5 heteroatoms. The minimum absolute atomic E-state index is 0.107. The molecule has 4 rings (SSSR count). The third kappa shape index (κ3) is 3.57. The molecule has 144 valence electrons. The number of benzene rings is 2. The van der Waals surface area contributed by atoms with Gasteiger partial charge in [0, 0.05) is 30.1 Å². The highest BCUT2D eigenvalue weighted by atomic mass is 16.5. The van der Waals surface area contributed by atoms with Crippen molar-refractivity contribution in [1.29, 1.82) is 0 Å². The Morgan fingerprint density at radius 3 is 2.46 bits per heavy atom. The van der Waals surface area contributed by atoms with Gasteiger partial charge in [0.15, 0.2) is 5.82 Å². The molecule has 0 saturated carbocycles. The number of hydrogen-bond donors (Lipinski definition) is 0. The van der Waals surface area contributed by atoms with Crippen molar-refractivity contribution >= 4 is 5.91 Å². The third-order valence-corrected chi connectivity index (χ3v) is 5.72. The molecular formula is C23H25N3O2. The van der Waals surface area contributed by atoms with Crippen LogP contribution in [0.15, 0.2) is 47.0 Å². The molecule has 0 spiro atoms. The zero-order valence-corrected chi connectivity index (χ0v) is 16.6. The minimum atomic E-state index is 0.107. The summed E-state index contributed by atoms with van der Waals surface area (Å²) < 4.78 is 5.51. The van der Waals surface area contributed by atoms with Crippen LogP contribution in [0.2, 0.25) is 0 Å². The van der Waals surface area contributed by atoms with Crippen molar-refractivity contribution in [3.05, 3.63) is 70.5 Å². The van der Waals surface area contributed by atoms with Crippen molar-refractivity contribution in [2.24, 2.45) is 0 Å². The van der Waals surface area contributed by atoms with Crippen LogP contribution < -0.4 is 0 Å². The molecule has 1 saturated heterocycles. The van der Waals surface area contributed by atoms with Crippen LogP contribution in [0.25, 0.3) is 11.5 Å². The number of aromatic nitrogens is 2. The van der Waals surface area contributed by atoms with Gasteiger partial charge in [-0.2, -0.15) is 4.98 Å². The number of nitrogens with zero attached hydrogens (tertiary/aromatic N) is 3. The maximum Gasteiger partial charge on any atom is 0.258 e. The summed E-state index contributed by atoms with van der Waals surface area (Å²) in [4.78, 5) is 19.4. The summed E-state index contributed by atoms with van der Waals surface area (Å²) in [5.74, 6) is 1.65. The van der Waals surface area contributed by atoms with Crippen LogP contribution in [0.5, 0.6) is 0 Å². The van der Waals surface area contributed by atoms with Gasteiger partial charge in [0.05, 0.1) is 0 Å². The summed E-state index contributed by atoms with van der Waals surface area (Å²) in [5, 5.41) is 4.22. The van der Waals surface area contributed by atoms with Gasteiger partial charge in [-0.3, -0.25) is 4.79 Å². The standard InChI is InChI=1S/C23H25N3O2/c1-15-8-9-19(14-17(15)3)23(27)26-12-10-18(11-13-26)21-24-22(28-25-21)20-7-5-4-6-16(20)2/h4-9,14,18H,10-13H2,1-3H3. The second-order valence-corrected chi connectivity index (χ2v) is 7.64. The maximum atomic E-state index is 12.8. The van der Waals surface area contributed by atoms with Crippen molar-refractivity contribution in [3.63, 3.8) is 0 Å². The fourth-order valence-electron chi connectivity index (χ4n) is 3.72. The summed E-state index contributed by atoms with van der Waals surface area (Å²) in [6, 6.07) is 13.9. The first kappa shape index (κ1) is 18.4. The van der Waals surface area contributed by atoms with E-state index in [0.717, 1.165) is 40.9 Å². The van der Waals surface area contributed by atoms with Crippen LogP contribution in [0.4, 0.5) is 0 Å². The number of likely N-dealkylation sites (tertiary alicyclic amines) is 1. The van der Waals surface area contributed by atoms with Gasteiger partial charge in [-0.15, -0.1) is 0 Å². The van der Waals surface area contributed by atoms with Crippen LogP contribution in [-0.2, 0) is 0 Å². The lowest BCUT2D eigenvalue weighted by Crippen LogP contribution is -2.38. The highest BCUT2D eigenvalue weighted by molar-refractivity contribution is 5.94. The van der Waals surface area contributed by atoms with E-state index in [1.807, 2.05) is 61.2 Å². The normalized spacial score (nSPS) is 15.0. The van der Waals surface area contributed by atoms with Gasteiger partial charge in [0.25, 0.3) is 11.8 Å². The fraction of sp³-hybridized carbons (Fsp3) is 0.348. The van der Waals surface area contributed by atoms with E-state index in [9.17, 15) is 4.79 Å². The summed E-state index contributed by atoms with van der Waals surface area (Å²) in [7, 11) is 0. The van der Waals surface area contributed by atoms with Crippen LogP contribution >= 0.6 is 0 Å². The predicted octanol–water partition coefficient (Wildman–Crippen LogP) is 4.68. The molecule has 0 unspecified atom stereocenters. The monoisotopic (exact) mass is 375 g/mol. The van der Waals surface area contributed by atoms with Crippen molar-refractivity contribution in [1.82, 2.24) is 15.0 Å². The molecule has 1 amide bonds. The molecule has 3 aromatic rings. The predicted molar refractivity (Wildman–Crippen MR) is 108 cm³/mol. The number of carbonyl (C=O) groups excluding carboxylic acids is 1. The Bertz CT molecular complexity index is 1000. The molecule has 0 N–H and O–H groups in total. The minimum Gasteiger partial charge on any atom is -0.339 e. The van der Waals surface area contributed by atoms with Crippen molar-refractivity contribution in [2.45, 2.75) is 39.5 Å². The zero-order chi connectivity index (χ0) is 19.7. The van der Waals surface area contributed by atoms with Gasteiger partial charge < -0.3 is 9.42 Å². The lowest BCUT2D eigenvalue weighted by atomic mass is 9.95. The number of carbonyl (C=O) groups is 1. The van der Waals surface area contributed by atoms with E-state index < -0.39 is 0 Å². The Balaban J connectivity index is 1.42. The third-order valence-electron chi connectivity index (χ3n) is 5.72. The molecule has 2 heterocycles. The molecule has 28 heavy (non-hydrogen) atoms. The van der Waals surface area contributed by atoms with Gasteiger partial charge in [-0.1, -0.05) is 29.4 Å². The molecule has 0 bridgehead atoms. The van der Waals surface area contributed by atoms with E-state index in [0.29, 0.717) is 19.0 Å². The summed E-state index contributed by atoms with van der Waals surface area (Å²) in [5.41, 5.74) is 5.21. The Morgan fingerprint density at radius 1 is 1.00 bits per heavy atom. The highest BCUT2D eigenvalue weighted by Crippen LogP contribution is 2.29. The quantitative estimate of drug-likeness (QED) is 0.667. The lowest BCUT2D eigenvalue weighted by Gasteiger charge is -2.30. The van der Waals surface area contributed by atoms with E-state index in [4.69, 9.17) is 4.52 Å². The first-order valence-electron chi connectivity index (χ1n) is 9.79. The maximum absolute atomic E-state index is 12.8. The fourth-order valence-corrected chi connectivity index (χ4v) is 3.72. The topological polar surface area (TPSA) is 59.2 Å². The number of rotatable bonds is 3. The molecule has 0 radical (unpaired) electrons. The van der Waals surface area contributed by atoms with Gasteiger partial charge in [0.1, 0.15) is 0 Å². The summed E-state index contributed by atoms with van der Waals surface area (Å²) in [6.07, 6.45) is 1.70. The summed E-state index contributed by atoms with van der Waals surface area (Å²) >= 11 is 0. The molecule has 0 aliphatic carbocycles. The summed E-state index contributed by atoms with van der Waals surface area (Å²) in [6.45, 7) is 7.57. The van der Waals surface area contributed by atoms with Crippen molar-refractivity contribution in [2.75, 3.05) is 13.1 Å². The molecular weight excluding hydrogens is 350 g/mol. The Morgan fingerprint density at radius 2 is 1.75 bits per heavy atom. The molecule has 1 aliphatic heterocycles. The number of amides is 1. The van der Waals surface area contributed by atoms with E-state index >= 15 is 0 Å². The molecule has 5 nitrogen and oxygen atoms in total. The van der Waals surface area contributed by atoms with Gasteiger partial charge >= 0.3 is 0 Å². The van der Waals surface area contributed by atoms with Crippen LogP contribution in [0.1, 0.15) is 51.6 Å². The Labute approximate surface area is 165 Å². The lowest BCUT2D eigenvalue weighted by molar-refractivity contribution is 0.0710. The second-order valence-electron chi connectivity index (χ2n) is 7.64.